The molecular weight excluding hydrogens is 276 g/mol. The molecule has 0 spiro atoms. The summed E-state index contributed by atoms with van der Waals surface area (Å²) in [6, 6.07) is 1.53. The summed E-state index contributed by atoms with van der Waals surface area (Å²) in [6.07, 6.45) is 3.49. The number of pyridine rings is 1. The largest absolute Gasteiger partial charge is 0.352 e. The topological polar surface area (TPSA) is 76.1 Å². The molecule has 0 saturated carbocycles. The van der Waals surface area contributed by atoms with E-state index in [1.165, 1.54) is 18.5 Å². The fourth-order valence-corrected chi connectivity index (χ4v) is 3.99. The summed E-state index contributed by atoms with van der Waals surface area (Å²) in [5.41, 5.74) is 0.354. The van der Waals surface area contributed by atoms with Gasteiger partial charge >= 0.3 is 0 Å². The average Bonchev–Trinajstić information content (AvgIpc) is 2.66. The van der Waals surface area contributed by atoms with Crippen molar-refractivity contribution in [3.05, 3.63) is 29.0 Å². The maximum absolute atomic E-state index is 11.8. The minimum atomic E-state index is -2.90. The Morgan fingerprint density at radius 1 is 1.56 bits per heavy atom. The summed E-state index contributed by atoms with van der Waals surface area (Å²) < 4.78 is 22.5. The zero-order valence-electron chi connectivity index (χ0n) is 9.60. The van der Waals surface area contributed by atoms with E-state index in [0.717, 1.165) is 0 Å². The number of nitrogens with one attached hydrogen (secondary N) is 1. The minimum absolute atomic E-state index is 0.000405. The second-order valence-electron chi connectivity index (χ2n) is 4.33. The molecule has 1 aromatic heterocycles. The third-order valence-corrected chi connectivity index (χ3v) is 5.03. The van der Waals surface area contributed by atoms with Crippen molar-refractivity contribution in [1.29, 1.82) is 0 Å². The molecule has 1 aliphatic heterocycles. The normalized spacial score (nSPS) is 21.7. The van der Waals surface area contributed by atoms with Gasteiger partial charge < -0.3 is 5.32 Å². The predicted molar refractivity (Wildman–Crippen MR) is 68.3 cm³/mol. The van der Waals surface area contributed by atoms with Crippen molar-refractivity contribution in [2.75, 3.05) is 18.1 Å². The Kier molecular flexibility index (Phi) is 3.87. The highest BCUT2D eigenvalue weighted by Crippen LogP contribution is 2.18. The standard InChI is InChI=1S/C11H13ClN2O3S/c12-10-6-13-3-1-9(10)11(15)14-5-8-2-4-18(16,17)7-8/h1,3,6,8H,2,4-5,7H2,(H,14,15). The molecule has 2 rings (SSSR count). The van der Waals surface area contributed by atoms with Crippen molar-refractivity contribution in [2.24, 2.45) is 5.92 Å². The number of hydrogen-bond donors (Lipinski definition) is 1. The third-order valence-electron chi connectivity index (χ3n) is 2.90. The maximum Gasteiger partial charge on any atom is 0.252 e. The number of sulfone groups is 1. The molecule has 18 heavy (non-hydrogen) atoms. The molecule has 1 N–H and O–H groups in total. The SMILES string of the molecule is O=C(NCC1CCS(=O)(=O)C1)c1ccncc1Cl. The predicted octanol–water partition coefficient (Wildman–Crippen LogP) is 0.899. The molecule has 1 aliphatic rings. The van der Waals surface area contributed by atoms with Gasteiger partial charge in [-0.05, 0) is 18.4 Å². The molecule has 0 aliphatic carbocycles. The second kappa shape index (κ2) is 5.24. The maximum atomic E-state index is 11.8. The van der Waals surface area contributed by atoms with Crippen molar-refractivity contribution in [3.63, 3.8) is 0 Å². The molecular formula is C11H13ClN2O3S. The molecule has 2 heterocycles. The lowest BCUT2D eigenvalue weighted by Crippen LogP contribution is -2.30. The van der Waals surface area contributed by atoms with Crippen molar-refractivity contribution in [3.8, 4) is 0 Å². The van der Waals surface area contributed by atoms with E-state index in [0.29, 0.717) is 18.5 Å². The molecule has 0 bridgehead atoms. The highest BCUT2D eigenvalue weighted by Gasteiger charge is 2.28. The van der Waals surface area contributed by atoms with Gasteiger partial charge in [-0.25, -0.2) is 8.42 Å². The zero-order chi connectivity index (χ0) is 13.2. The summed E-state index contributed by atoms with van der Waals surface area (Å²) in [7, 11) is -2.90. The van der Waals surface area contributed by atoms with Crippen molar-refractivity contribution < 1.29 is 13.2 Å². The monoisotopic (exact) mass is 288 g/mol. The Bertz CT molecular complexity index is 559. The van der Waals surface area contributed by atoms with Gasteiger partial charge in [0.15, 0.2) is 9.84 Å². The minimum Gasteiger partial charge on any atom is -0.352 e. The van der Waals surface area contributed by atoms with E-state index in [9.17, 15) is 13.2 Å². The Labute approximate surface area is 110 Å². The molecule has 7 heteroatoms. The number of carbonyl (C=O) groups is 1. The smallest absolute Gasteiger partial charge is 0.252 e. The molecule has 0 radical (unpaired) electrons. The van der Waals surface area contributed by atoms with Crippen molar-refractivity contribution in [1.82, 2.24) is 10.3 Å². The number of halogens is 1. The van der Waals surface area contributed by atoms with E-state index in [-0.39, 0.29) is 28.4 Å². The van der Waals surface area contributed by atoms with E-state index >= 15 is 0 Å². The van der Waals surface area contributed by atoms with Crippen LogP contribution in [0.4, 0.5) is 0 Å². The highest BCUT2D eigenvalue weighted by molar-refractivity contribution is 7.91. The lowest BCUT2D eigenvalue weighted by Gasteiger charge is -2.10. The van der Waals surface area contributed by atoms with E-state index in [2.05, 4.69) is 10.3 Å². The van der Waals surface area contributed by atoms with Crippen LogP contribution < -0.4 is 5.32 Å². The number of rotatable bonds is 3. The van der Waals surface area contributed by atoms with Crippen LogP contribution in [0.1, 0.15) is 16.8 Å². The molecule has 1 atom stereocenters. The first-order chi connectivity index (χ1) is 8.48. The Hall–Kier alpha value is -1.14. The van der Waals surface area contributed by atoms with Crippen LogP contribution in [-0.2, 0) is 9.84 Å². The van der Waals surface area contributed by atoms with Crippen LogP contribution in [0.3, 0.4) is 0 Å². The van der Waals surface area contributed by atoms with E-state index in [1.54, 1.807) is 0 Å². The fraction of sp³-hybridized carbons (Fsp3) is 0.455. The number of aromatic nitrogens is 1. The summed E-state index contributed by atoms with van der Waals surface area (Å²) in [4.78, 5) is 15.6. The van der Waals surface area contributed by atoms with Crippen LogP contribution >= 0.6 is 11.6 Å². The van der Waals surface area contributed by atoms with E-state index in [4.69, 9.17) is 11.6 Å². The van der Waals surface area contributed by atoms with Gasteiger partial charge in [-0.15, -0.1) is 0 Å². The van der Waals surface area contributed by atoms with Crippen molar-refractivity contribution in [2.45, 2.75) is 6.42 Å². The van der Waals surface area contributed by atoms with Gasteiger partial charge in [0, 0.05) is 18.9 Å². The van der Waals surface area contributed by atoms with Crippen LogP contribution in [0.25, 0.3) is 0 Å². The highest BCUT2D eigenvalue weighted by atomic mass is 35.5. The molecule has 5 nitrogen and oxygen atoms in total. The van der Waals surface area contributed by atoms with Crippen LogP contribution in [0.2, 0.25) is 5.02 Å². The molecule has 98 valence electrons. The summed E-state index contributed by atoms with van der Waals surface area (Å²) >= 11 is 5.84. The Balaban J connectivity index is 1.92. The first-order valence-corrected chi connectivity index (χ1v) is 7.76. The van der Waals surface area contributed by atoms with Gasteiger partial charge in [-0.3, -0.25) is 9.78 Å². The number of nitrogens with zero attached hydrogens (tertiary/aromatic N) is 1. The quantitative estimate of drug-likeness (QED) is 0.896. The summed E-state index contributed by atoms with van der Waals surface area (Å²) in [5, 5.41) is 2.99. The fourth-order valence-electron chi connectivity index (χ4n) is 1.92. The molecule has 1 aromatic rings. The number of carbonyl (C=O) groups excluding carboxylic acids is 1. The van der Waals surface area contributed by atoms with Crippen LogP contribution in [0.5, 0.6) is 0 Å². The van der Waals surface area contributed by atoms with Gasteiger partial charge in [0.25, 0.3) is 5.91 Å². The van der Waals surface area contributed by atoms with Crippen LogP contribution in [0, 0.1) is 5.92 Å². The lowest BCUT2D eigenvalue weighted by molar-refractivity contribution is 0.0948. The van der Waals surface area contributed by atoms with Crippen molar-refractivity contribution >= 4 is 27.3 Å². The summed E-state index contributed by atoms with van der Waals surface area (Å²) in [5.74, 6) is 0.0623. The van der Waals surface area contributed by atoms with E-state index in [1.807, 2.05) is 0 Å². The van der Waals surface area contributed by atoms with Gasteiger partial charge in [0.05, 0.1) is 22.1 Å². The van der Waals surface area contributed by atoms with Gasteiger partial charge in [-0.2, -0.15) is 0 Å². The first-order valence-electron chi connectivity index (χ1n) is 5.56. The third kappa shape index (κ3) is 3.20. The zero-order valence-corrected chi connectivity index (χ0v) is 11.2. The second-order valence-corrected chi connectivity index (χ2v) is 6.97. The van der Waals surface area contributed by atoms with Gasteiger partial charge in [0.2, 0.25) is 0 Å². The Morgan fingerprint density at radius 3 is 2.94 bits per heavy atom. The van der Waals surface area contributed by atoms with Gasteiger partial charge in [-0.1, -0.05) is 11.6 Å². The molecule has 1 unspecified atom stereocenters. The molecule has 1 amide bonds. The molecule has 1 saturated heterocycles. The number of hydrogen-bond acceptors (Lipinski definition) is 4. The molecule has 1 fully saturated rings. The number of amides is 1. The first kappa shape index (κ1) is 13.3. The van der Waals surface area contributed by atoms with E-state index < -0.39 is 9.84 Å². The van der Waals surface area contributed by atoms with Gasteiger partial charge in [0.1, 0.15) is 0 Å². The van der Waals surface area contributed by atoms with Crippen LogP contribution in [-0.4, -0.2) is 37.4 Å². The Morgan fingerprint density at radius 2 is 2.33 bits per heavy atom. The lowest BCUT2D eigenvalue weighted by atomic mass is 10.1. The van der Waals surface area contributed by atoms with Crippen LogP contribution in [0.15, 0.2) is 18.5 Å². The average molecular weight is 289 g/mol. The molecule has 0 aromatic carbocycles. The summed E-state index contributed by atoms with van der Waals surface area (Å²) in [6.45, 7) is 0.358.